The van der Waals surface area contributed by atoms with Gasteiger partial charge in [-0.25, -0.2) is 0 Å². The van der Waals surface area contributed by atoms with Gasteiger partial charge in [-0.15, -0.1) is 0 Å². The van der Waals surface area contributed by atoms with Gasteiger partial charge in [-0.3, -0.25) is 4.79 Å². The van der Waals surface area contributed by atoms with E-state index in [1.807, 2.05) is 30.3 Å². The average Bonchev–Trinajstić information content (AvgIpc) is 2.75. The van der Waals surface area contributed by atoms with Gasteiger partial charge in [0.05, 0.1) is 5.92 Å². The molecule has 0 aromatic heterocycles. The highest BCUT2D eigenvalue weighted by Crippen LogP contribution is 2.32. The highest BCUT2D eigenvalue weighted by Gasteiger charge is 2.40. The maximum Gasteiger partial charge on any atom is 0.376 e. The molecule has 5 heteroatoms. The first-order valence-corrected chi connectivity index (χ1v) is 5.79. The summed E-state index contributed by atoms with van der Waals surface area (Å²) in [6.07, 6.45) is 0. The number of hydrogen-bond acceptors (Lipinski definition) is 3. The molecule has 1 heterocycles. The fourth-order valence-electron chi connectivity index (χ4n) is 2.43. The first-order valence-electron chi connectivity index (χ1n) is 5.79. The van der Waals surface area contributed by atoms with Crippen molar-refractivity contribution in [3.8, 4) is 0 Å². The van der Waals surface area contributed by atoms with Crippen molar-refractivity contribution in [3.63, 3.8) is 0 Å². The zero-order valence-corrected chi connectivity index (χ0v) is 9.78. The Morgan fingerprint density at radius 1 is 1.35 bits per heavy atom. The second kappa shape index (κ2) is 4.90. The molecule has 2 N–H and O–H groups in total. The normalized spacial score (nSPS) is 24.8. The maximum atomic E-state index is 11.2. The summed E-state index contributed by atoms with van der Waals surface area (Å²) in [7, 11) is -0.592. The van der Waals surface area contributed by atoms with Crippen LogP contribution in [0.1, 0.15) is 11.5 Å². The van der Waals surface area contributed by atoms with Gasteiger partial charge in [-0.2, -0.15) is 0 Å². The number of benzene rings is 1. The van der Waals surface area contributed by atoms with Crippen LogP contribution in [0.5, 0.6) is 0 Å². The molecule has 17 heavy (non-hydrogen) atoms. The van der Waals surface area contributed by atoms with Crippen LogP contribution in [0.15, 0.2) is 30.3 Å². The second-order valence-electron chi connectivity index (χ2n) is 4.55. The molecule has 2 unspecified atom stereocenters. The lowest BCUT2D eigenvalue weighted by Gasteiger charge is -2.16. The summed E-state index contributed by atoms with van der Waals surface area (Å²) in [5, 5.41) is 18.8. The number of nitrogens with zero attached hydrogens (tertiary/aromatic N) is 1. The molecule has 2 atom stereocenters. The lowest BCUT2D eigenvalue weighted by molar-refractivity contribution is -0.141. The van der Waals surface area contributed by atoms with E-state index in [4.69, 9.17) is 0 Å². The minimum atomic E-state index is -0.790. The third-order valence-corrected chi connectivity index (χ3v) is 3.42. The van der Waals surface area contributed by atoms with Crippen LogP contribution in [-0.2, 0) is 4.79 Å². The van der Waals surface area contributed by atoms with Crippen LogP contribution in [-0.4, -0.2) is 41.1 Å². The predicted octanol–water partition coefficient (Wildman–Crippen LogP) is 0.897. The molecule has 0 aliphatic carbocycles. The van der Waals surface area contributed by atoms with Gasteiger partial charge in [0.2, 0.25) is 0 Å². The summed E-state index contributed by atoms with van der Waals surface area (Å²) in [6.45, 7) is 2.68. The Morgan fingerprint density at radius 2 is 2.00 bits per heavy atom. The molecular formula is C12H16BNO3. The van der Waals surface area contributed by atoms with E-state index < -0.39 is 18.9 Å². The van der Waals surface area contributed by atoms with Crippen LogP contribution in [0, 0.1) is 5.92 Å². The van der Waals surface area contributed by atoms with Gasteiger partial charge < -0.3 is 14.9 Å². The minimum absolute atomic E-state index is 0.0386. The molecule has 1 aliphatic rings. The topological polar surface area (TPSA) is 60.8 Å². The quantitative estimate of drug-likeness (QED) is 0.761. The van der Waals surface area contributed by atoms with Crippen LogP contribution in [0.2, 0.25) is 6.82 Å². The molecule has 0 saturated carbocycles. The summed E-state index contributed by atoms with van der Waals surface area (Å²) < 4.78 is 0. The van der Waals surface area contributed by atoms with Crippen molar-refractivity contribution in [2.24, 2.45) is 5.92 Å². The number of hydrogen-bond donors (Lipinski definition) is 2. The number of rotatable bonds is 3. The zero-order valence-electron chi connectivity index (χ0n) is 9.78. The molecule has 0 radical (unpaired) electrons. The van der Waals surface area contributed by atoms with Crippen molar-refractivity contribution in [2.45, 2.75) is 12.7 Å². The third kappa shape index (κ3) is 2.51. The fraction of sp³-hybridized carbons (Fsp3) is 0.417. The molecule has 4 nitrogen and oxygen atoms in total. The van der Waals surface area contributed by atoms with Gasteiger partial charge in [-0.1, -0.05) is 30.3 Å². The van der Waals surface area contributed by atoms with Crippen LogP contribution in [0.4, 0.5) is 0 Å². The summed E-state index contributed by atoms with van der Waals surface area (Å²) in [6, 6.07) is 9.65. The van der Waals surface area contributed by atoms with Crippen molar-refractivity contribution in [1.29, 1.82) is 0 Å². The van der Waals surface area contributed by atoms with Gasteiger partial charge in [0.25, 0.3) is 0 Å². The van der Waals surface area contributed by atoms with E-state index in [2.05, 4.69) is 0 Å². The Morgan fingerprint density at radius 3 is 2.53 bits per heavy atom. The van der Waals surface area contributed by atoms with Gasteiger partial charge in [0, 0.05) is 12.5 Å². The van der Waals surface area contributed by atoms with Gasteiger partial charge in [0.15, 0.2) is 0 Å². The summed E-state index contributed by atoms with van der Waals surface area (Å²) >= 11 is 0. The highest BCUT2D eigenvalue weighted by atomic mass is 16.4. The van der Waals surface area contributed by atoms with E-state index in [1.165, 1.54) is 0 Å². The zero-order chi connectivity index (χ0) is 12.4. The first kappa shape index (κ1) is 12.1. The van der Waals surface area contributed by atoms with Crippen molar-refractivity contribution < 1.29 is 14.9 Å². The molecule has 1 aromatic carbocycles. The largest absolute Gasteiger partial charge is 0.481 e. The average molecular weight is 233 g/mol. The number of aliphatic carboxylic acids is 1. The van der Waals surface area contributed by atoms with Crippen molar-refractivity contribution in [2.75, 3.05) is 13.1 Å². The first-order chi connectivity index (χ1) is 8.09. The summed E-state index contributed by atoms with van der Waals surface area (Å²) in [5.41, 5.74) is 1.03. The molecule has 0 amide bonds. The molecule has 1 aromatic rings. The predicted molar refractivity (Wildman–Crippen MR) is 65.7 cm³/mol. The van der Waals surface area contributed by atoms with E-state index in [0.717, 1.165) is 5.56 Å². The van der Waals surface area contributed by atoms with Crippen molar-refractivity contribution >= 4 is 13.0 Å². The Kier molecular flexibility index (Phi) is 3.50. The minimum Gasteiger partial charge on any atom is -0.481 e. The number of carboxylic acid groups (broad SMARTS) is 1. The monoisotopic (exact) mass is 233 g/mol. The van der Waals surface area contributed by atoms with Gasteiger partial charge in [-0.05, 0) is 18.9 Å². The van der Waals surface area contributed by atoms with Crippen molar-refractivity contribution in [3.05, 3.63) is 35.9 Å². The van der Waals surface area contributed by atoms with Crippen LogP contribution < -0.4 is 0 Å². The highest BCUT2D eigenvalue weighted by molar-refractivity contribution is 6.45. The molecule has 0 bridgehead atoms. The molecule has 1 saturated heterocycles. The second-order valence-corrected chi connectivity index (χ2v) is 4.55. The van der Waals surface area contributed by atoms with E-state index in [-0.39, 0.29) is 5.92 Å². The Hall–Kier alpha value is -1.33. The lowest BCUT2D eigenvalue weighted by atomic mass is 9.85. The fourth-order valence-corrected chi connectivity index (χ4v) is 2.43. The Balaban J connectivity index is 2.23. The number of carboxylic acids is 1. The van der Waals surface area contributed by atoms with E-state index >= 15 is 0 Å². The number of carbonyl (C=O) groups is 1. The van der Waals surface area contributed by atoms with Crippen LogP contribution in [0.25, 0.3) is 0 Å². The van der Waals surface area contributed by atoms with E-state index in [0.29, 0.717) is 13.1 Å². The molecular weight excluding hydrogens is 217 g/mol. The Labute approximate surface area is 101 Å². The molecule has 1 aliphatic heterocycles. The Bertz CT molecular complexity index is 396. The van der Waals surface area contributed by atoms with Crippen molar-refractivity contribution in [1.82, 2.24) is 4.81 Å². The third-order valence-electron chi connectivity index (χ3n) is 3.42. The lowest BCUT2D eigenvalue weighted by Crippen LogP contribution is -2.35. The maximum absolute atomic E-state index is 11.2. The molecule has 0 spiro atoms. The van der Waals surface area contributed by atoms with Gasteiger partial charge in [0.1, 0.15) is 0 Å². The van der Waals surface area contributed by atoms with Crippen LogP contribution in [0.3, 0.4) is 0 Å². The SMILES string of the molecule is CB(O)N1CC(C(=O)O)C(c2ccccc2)C1. The molecule has 1 fully saturated rings. The molecule has 2 rings (SSSR count). The summed E-state index contributed by atoms with van der Waals surface area (Å²) in [4.78, 5) is 13.0. The van der Waals surface area contributed by atoms with Crippen LogP contribution >= 0.6 is 0 Å². The van der Waals surface area contributed by atoms with E-state index in [1.54, 1.807) is 11.6 Å². The van der Waals surface area contributed by atoms with Gasteiger partial charge >= 0.3 is 13.0 Å². The van der Waals surface area contributed by atoms with E-state index in [9.17, 15) is 14.9 Å². The molecule has 90 valence electrons. The standard InChI is InChI=1S/C12H16BNO3/c1-13(17)14-7-10(11(8-14)12(15)16)9-5-3-2-4-6-9/h2-6,10-11,17H,7-8H2,1H3,(H,15,16). The summed E-state index contributed by atoms with van der Waals surface area (Å²) in [5.74, 6) is -1.27. The smallest absolute Gasteiger partial charge is 0.376 e.